The number of benzene rings is 2. The number of ether oxygens (including phenoxy) is 1. The van der Waals surface area contributed by atoms with Crippen molar-refractivity contribution >= 4 is 57.7 Å². The Morgan fingerprint density at radius 2 is 1.81 bits per heavy atom. The van der Waals surface area contributed by atoms with Crippen molar-refractivity contribution in [1.82, 2.24) is 4.57 Å². The van der Waals surface area contributed by atoms with E-state index in [-0.39, 0.29) is 11.5 Å². The number of hydrogen-bond acceptors (Lipinski definition) is 7. The van der Waals surface area contributed by atoms with E-state index < -0.39 is 0 Å². The van der Waals surface area contributed by atoms with Crippen LogP contribution in [0.3, 0.4) is 0 Å². The SMILES string of the molecule is CCN1C(=CC=c2sc(=C3C(=O)N(c4ccccc4)N=C3C)n(CC)c2=O)Sc2ccc(OC)cc21. The lowest BCUT2D eigenvalue weighted by Crippen LogP contribution is -2.33. The standard InChI is InChI=1S/C27H26N4O3S2/c1-5-29-20-16-19(34-4)12-13-21(20)35-23(29)15-14-22-25(32)30(6-2)27(36-22)24-17(3)28-31(26(24)33)18-10-8-7-9-11-18/h7-16H,5-6H2,1-4H3. The van der Waals surface area contributed by atoms with Crippen molar-refractivity contribution in [2.75, 3.05) is 23.6 Å². The van der Waals surface area contributed by atoms with Crippen LogP contribution in [0, 0.1) is 0 Å². The Bertz CT molecular complexity index is 1590. The summed E-state index contributed by atoms with van der Waals surface area (Å²) in [5.74, 6) is 0.589. The highest BCUT2D eigenvalue weighted by molar-refractivity contribution is 8.03. The van der Waals surface area contributed by atoms with Crippen LogP contribution in [0.5, 0.6) is 5.75 Å². The number of thioether (sulfide) groups is 1. The first-order chi connectivity index (χ1) is 17.5. The molecule has 0 spiro atoms. The second-order valence-corrected chi connectivity index (χ2v) is 10.3. The first kappa shape index (κ1) is 24.1. The van der Waals surface area contributed by atoms with E-state index in [1.165, 1.54) is 16.3 Å². The normalized spacial score (nSPS) is 18.3. The van der Waals surface area contributed by atoms with Crippen LogP contribution >= 0.6 is 23.1 Å². The van der Waals surface area contributed by atoms with Gasteiger partial charge in [0.15, 0.2) is 0 Å². The lowest BCUT2D eigenvalue weighted by molar-refractivity contribution is -0.112. The number of thiazole rings is 1. The van der Waals surface area contributed by atoms with Crippen LogP contribution < -0.4 is 29.4 Å². The molecule has 2 aliphatic heterocycles. The molecular weight excluding hydrogens is 492 g/mol. The maximum Gasteiger partial charge on any atom is 0.283 e. The molecule has 1 aromatic heterocycles. The summed E-state index contributed by atoms with van der Waals surface area (Å²) in [7, 11) is 1.66. The maximum atomic E-state index is 13.4. The summed E-state index contributed by atoms with van der Waals surface area (Å²) in [5.41, 5.74) is 2.76. The third kappa shape index (κ3) is 4.08. The number of allylic oxidation sites excluding steroid dienone is 1. The predicted octanol–water partition coefficient (Wildman–Crippen LogP) is 3.77. The fourth-order valence-corrected chi connectivity index (χ4v) is 6.62. The van der Waals surface area contributed by atoms with Crippen molar-refractivity contribution in [1.29, 1.82) is 0 Å². The lowest BCUT2D eigenvalue weighted by Gasteiger charge is -2.18. The van der Waals surface area contributed by atoms with E-state index >= 15 is 0 Å². The number of methoxy groups -OCH3 is 1. The van der Waals surface area contributed by atoms with Gasteiger partial charge >= 0.3 is 0 Å². The molecule has 0 atom stereocenters. The molecule has 0 unspecified atom stereocenters. The number of rotatable bonds is 5. The van der Waals surface area contributed by atoms with Gasteiger partial charge in [0, 0.05) is 24.1 Å². The molecule has 5 rings (SSSR count). The van der Waals surface area contributed by atoms with Gasteiger partial charge in [0.2, 0.25) is 0 Å². The Labute approximate surface area is 217 Å². The molecule has 1 amide bonds. The summed E-state index contributed by atoms with van der Waals surface area (Å²) in [6.45, 7) is 7.08. The number of para-hydroxylation sites is 1. The van der Waals surface area contributed by atoms with E-state index in [4.69, 9.17) is 4.74 Å². The third-order valence-electron chi connectivity index (χ3n) is 6.09. The smallest absolute Gasteiger partial charge is 0.283 e. The number of aromatic nitrogens is 1. The fourth-order valence-electron chi connectivity index (χ4n) is 4.31. The minimum Gasteiger partial charge on any atom is -0.497 e. The van der Waals surface area contributed by atoms with Crippen molar-refractivity contribution in [3.63, 3.8) is 0 Å². The number of carbonyl (C=O) groups excluding carboxylic acids is 1. The van der Waals surface area contributed by atoms with Crippen LogP contribution in [0.15, 0.2) is 74.4 Å². The molecule has 9 heteroatoms. The van der Waals surface area contributed by atoms with Crippen LogP contribution in [-0.4, -0.2) is 29.8 Å². The number of carbonyl (C=O) groups is 1. The van der Waals surface area contributed by atoms with Gasteiger partial charge in [-0.25, -0.2) is 0 Å². The topological polar surface area (TPSA) is 67.1 Å². The molecule has 7 nitrogen and oxygen atoms in total. The van der Waals surface area contributed by atoms with Crippen molar-refractivity contribution < 1.29 is 9.53 Å². The largest absolute Gasteiger partial charge is 0.497 e. The van der Waals surface area contributed by atoms with Crippen molar-refractivity contribution in [2.45, 2.75) is 32.2 Å². The van der Waals surface area contributed by atoms with Gasteiger partial charge in [-0.2, -0.15) is 10.1 Å². The Kier molecular flexibility index (Phi) is 6.59. The summed E-state index contributed by atoms with van der Waals surface area (Å²) in [5, 5.41) is 6.93. The van der Waals surface area contributed by atoms with Crippen molar-refractivity contribution in [3.05, 3.63) is 79.2 Å². The minimum atomic E-state index is -0.222. The molecule has 2 aromatic carbocycles. The van der Waals surface area contributed by atoms with Crippen LogP contribution in [0.2, 0.25) is 0 Å². The molecule has 0 aliphatic carbocycles. The zero-order chi connectivity index (χ0) is 25.4. The Hall–Kier alpha value is -3.56. The monoisotopic (exact) mass is 518 g/mol. The van der Waals surface area contributed by atoms with Crippen molar-refractivity contribution in [3.8, 4) is 5.75 Å². The van der Waals surface area contributed by atoms with Gasteiger partial charge in [0.25, 0.3) is 11.5 Å². The first-order valence-electron chi connectivity index (χ1n) is 11.7. The zero-order valence-corrected chi connectivity index (χ0v) is 22.2. The quantitative estimate of drug-likeness (QED) is 0.515. The Balaban J connectivity index is 1.58. The highest BCUT2D eigenvalue weighted by Gasteiger charge is 2.31. The van der Waals surface area contributed by atoms with E-state index in [0.717, 1.165) is 27.9 Å². The second kappa shape index (κ2) is 9.83. The molecule has 0 N–H and O–H groups in total. The molecule has 0 radical (unpaired) electrons. The average molecular weight is 519 g/mol. The number of fused-ring (bicyclic) bond motifs is 1. The average Bonchev–Trinajstić information content (AvgIpc) is 3.51. The summed E-state index contributed by atoms with van der Waals surface area (Å²) < 4.78 is 8.27. The van der Waals surface area contributed by atoms with Gasteiger partial charge in [-0.05, 0) is 57.2 Å². The highest BCUT2D eigenvalue weighted by atomic mass is 32.2. The van der Waals surface area contributed by atoms with Crippen LogP contribution in [0.4, 0.5) is 11.4 Å². The highest BCUT2D eigenvalue weighted by Crippen LogP contribution is 2.47. The first-order valence-corrected chi connectivity index (χ1v) is 13.3. The molecule has 0 fully saturated rings. The number of hydrazone groups is 1. The zero-order valence-electron chi connectivity index (χ0n) is 20.5. The van der Waals surface area contributed by atoms with Gasteiger partial charge in [0.05, 0.1) is 39.3 Å². The molecule has 3 heterocycles. The van der Waals surface area contributed by atoms with E-state index in [9.17, 15) is 9.59 Å². The van der Waals surface area contributed by atoms with E-state index in [1.807, 2.05) is 68.5 Å². The van der Waals surface area contributed by atoms with E-state index in [0.29, 0.717) is 32.7 Å². The molecule has 3 aromatic rings. The summed E-state index contributed by atoms with van der Waals surface area (Å²) >= 11 is 3.00. The lowest BCUT2D eigenvalue weighted by atomic mass is 10.2. The molecule has 184 valence electrons. The Morgan fingerprint density at radius 3 is 2.50 bits per heavy atom. The van der Waals surface area contributed by atoms with Gasteiger partial charge in [-0.15, -0.1) is 11.3 Å². The number of nitrogens with zero attached hydrogens (tertiary/aromatic N) is 4. The number of hydrogen-bond donors (Lipinski definition) is 0. The summed E-state index contributed by atoms with van der Waals surface area (Å²) in [6, 6.07) is 15.4. The molecular formula is C27H26N4O3S2. The summed E-state index contributed by atoms with van der Waals surface area (Å²) in [4.78, 5) is 30.0. The fraction of sp³-hybridized carbons (Fsp3) is 0.222. The van der Waals surface area contributed by atoms with Crippen molar-refractivity contribution in [2.24, 2.45) is 5.10 Å². The molecule has 36 heavy (non-hydrogen) atoms. The molecule has 0 bridgehead atoms. The predicted molar refractivity (Wildman–Crippen MR) is 148 cm³/mol. The second-order valence-electron chi connectivity index (χ2n) is 8.19. The third-order valence-corrected chi connectivity index (χ3v) is 8.37. The van der Waals surface area contributed by atoms with Gasteiger partial charge in [-0.3, -0.25) is 14.2 Å². The molecule has 0 saturated carbocycles. The number of amides is 1. The molecule has 2 aliphatic rings. The summed E-state index contributed by atoms with van der Waals surface area (Å²) in [6.07, 6.45) is 3.84. The number of anilines is 2. The maximum absolute atomic E-state index is 13.4. The van der Waals surface area contributed by atoms with Gasteiger partial charge in [-0.1, -0.05) is 30.0 Å². The van der Waals surface area contributed by atoms with E-state index in [1.54, 1.807) is 23.4 Å². The van der Waals surface area contributed by atoms with Gasteiger partial charge in [0.1, 0.15) is 10.4 Å². The van der Waals surface area contributed by atoms with Crippen LogP contribution in [-0.2, 0) is 11.3 Å². The minimum absolute atomic E-state index is 0.106. The van der Waals surface area contributed by atoms with Gasteiger partial charge < -0.3 is 9.64 Å². The van der Waals surface area contributed by atoms with E-state index in [2.05, 4.69) is 23.0 Å². The molecule has 0 saturated heterocycles. The van der Waals surface area contributed by atoms with Crippen LogP contribution in [0.1, 0.15) is 20.8 Å². The Morgan fingerprint density at radius 1 is 1.03 bits per heavy atom. The van der Waals surface area contributed by atoms with Crippen LogP contribution in [0.25, 0.3) is 11.6 Å².